The lowest BCUT2D eigenvalue weighted by molar-refractivity contribution is 0.0990. The van der Waals surface area contributed by atoms with Gasteiger partial charge in [0.05, 0.1) is 19.0 Å². The van der Waals surface area contributed by atoms with E-state index in [4.69, 9.17) is 9.15 Å². The molecule has 1 N–H and O–H groups in total. The predicted octanol–water partition coefficient (Wildman–Crippen LogP) is 3.06. The van der Waals surface area contributed by atoms with Crippen LogP contribution in [0.3, 0.4) is 0 Å². The lowest BCUT2D eigenvalue weighted by Gasteiger charge is -2.07. The normalized spacial score (nSPS) is 10.5. The first-order valence-corrected chi connectivity index (χ1v) is 6.00. The van der Waals surface area contributed by atoms with Crippen LogP contribution in [-0.2, 0) is 0 Å². The molecular formula is C14H16N2O3. The average molecular weight is 260 g/mol. The highest BCUT2D eigenvalue weighted by Gasteiger charge is 2.12. The van der Waals surface area contributed by atoms with Crippen LogP contribution in [0.2, 0.25) is 0 Å². The lowest BCUT2D eigenvalue weighted by Crippen LogP contribution is -2.11. The van der Waals surface area contributed by atoms with Crippen LogP contribution in [0.25, 0.3) is 0 Å². The molecule has 0 unspecified atom stereocenters. The summed E-state index contributed by atoms with van der Waals surface area (Å²) in [6.07, 6.45) is 3.39. The second-order valence-electron chi connectivity index (χ2n) is 4.44. The minimum atomic E-state index is -0.328. The molecule has 0 bridgehead atoms. The van der Waals surface area contributed by atoms with E-state index in [0.29, 0.717) is 17.6 Å². The number of carbonyl (C=O) groups is 1. The number of nitrogens with zero attached hydrogens (tertiary/aromatic N) is 1. The standard InChI is InChI=1S/C14H16N2O3/c1-9(2)10-6-11(8-15-7-10)16-14(17)12-4-5-13(18-3)19-12/h4-9H,1-3H3,(H,16,17). The third-order valence-corrected chi connectivity index (χ3v) is 2.69. The highest BCUT2D eigenvalue weighted by molar-refractivity contribution is 6.02. The fraction of sp³-hybridized carbons (Fsp3) is 0.286. The highest BCUT2D eigenvalue weighted by atomic mass is 16.6. The monoisotopic (exact) mass is 260 g/mol. The number of carbonyl (C=O) groups excluding carboxylic acids is 1. The number of pyridine rings is 1. The average Bonchev–Trinajstić information content (AvgIpc) is 2.88. The molecule has 0 aliphatic heterocycles. The number of amides is 1. The van der Waals surface area contributed by atoms with Gasteiger partial charge < -0.3 is 14.5 Å². The molecule has 0 radical (unpaired) electrons. The van der Waals surface area contributed by atoms with Crippen LogP contribution in [0.15, 0.2) is 35.0 Å². The smallest absolute Gasteiger partial charge is 0.291 e. The van der Waals surface area contributed by atoms with Crippen LogP contribution in [0.5, 0.6) is 5.95 Å². The maximum Gasteiger partial charge on any atom is 0.291 e. The van der Waals surface area contributed by atoms with Gasteiger partial charge in [-0.25, -0.2) is 0 Å². The van der Waals surface area contributed by atoms with Crippen LogP contribution in [0.4, 0.5) is 5.69 Å². The summed E-state index contributed by atoms with van der Waals surface area (Å²) in [5.41, 5.74) is 1.71. The largest absolute Gasteiger partial charge is 0.468 e. The molecule has 0 fully saturated rings. The molecule has 0 aromatic carbocycles. The second kappa shape index (κ2) is 5.56. The second-order valence-corrected chi connectivity index (χ2v) is 4.44. The van der Waals surface area contributed by atoms with Gasteiger partial charge in [0.1, 0.15) is 0 Å². The summed E-state index contributed by atoms with van der Waals surface area (Å²) in [4.78, 5) is 16.0. The van der Waals surface area contributed by atoms with E-state index in [0.717, 1.165) is 5.56 Å². The minimum Gasteiger partial charge on any atom is -0.468 e. The summed E-state index contributed by atoms with van der Waals surface area (Å²) >= 11 is 0. The van der Waals surface area contributed by atoms with Crippen LogP contribution < -0.4 is 10.1 Å². The van der Waals surface area contributed by atoms with E-state index < -0.39 is 0 Å². The number of furan rings is 1. The van der Waals surface area contributed by atoms with E-state index in [1.807, 2.05) is 6.07 Å². The van der Waals surface area contributed by atoms with Crippen molar-refractivity contribution in [2.45, 2.75) is 19.8 Å². The van der Waals surface area contributed by atoms with E-state index in [-0.39, 0.29) is 11.7 Å². The number of ether oxygens (including phenoxy) is 1. The van der Waals surface area contributed by atoms with E-state index in [2.05, 4.69) is 24.1 Å². The number of hydrogen-bond donors (Lipinski definition) is 1. The zero-order valence-corrected chi connectivity index (χ0v) is 11.1. The Kier molecular flexibility index (Phi) is 3.85. The zero-order chi connectivity index (χ0) is 13.8. The van der Waals surface area contributed by atoms with E-state index in [9.17, 15) is 4.79 Å². The van der Waals surface area contributed by atoms with Crippen molar-refractivity contribution >= 4 is 11.6 Å². The van der Waals surface area contributed by atoms with Crippen LogP contribution >= 0.6 is 0 Å². The summed E-state index contributed by atoms with van der Waals surface area (Å²) in [6.45, 7) is 4.14. The number of anilines is 1. The van der Waals surface area contributed by atoms with Crippen molar-refractivity contribution in [1.82, 2.24) is 4.98 Å². The summed E-state index contributed by atoms with van der Waals surface area (Å²) in [6, 6.07) is 5.06. The fourth-order valence-electron chi connectivity index (χ4n) is 1.59. The van der Waals surface area contributed by atoms with Crippen LogP contribution in [0, 0.1) is 0 Å². The van der Waals surface area contributed by atoms with Crippen LogP contribution in [-0.4, -0.2) is 18.0 Å². The molecule has 2 rings (SSSR count). The zero-order valence-electron chi connectivity index (χ0n) is 11.1. The Labute approximate surface area is 111 Å². The molecular weight excluding hydrogens is 244 g/mol. The molecule has 0 aliphatic rings. The molecule has 2 aromatic rings. The third-order valence-electron chi connectivity index (χ3n) is 2.69. The van der Waals surface area contributed by atoms with Gasteiger partial charge >= 0.3 is 0 Å². The Hall–Kier alpha value is -2.30. The van der Waals surface area contributed by atoms with Gasteiger partial charge in [-0.15, -0.1) is 0 Å². The lowest BCUT2D eigenvalue weighted by atomic mass is 10.1. The molecule has 0 atom stereocenters. The number of methoxy groups -OCH3 is 1. The molecule has 2 aromatic heterocycles. The summed E-state index contributed by atoms with van der Waals surface area (Å²) in [5, 5.41) is 2.74. The van der Waals surface area contributed by atoms with Crippen LogP contribution in [0.1, 0.15) is 35.9 Å². The van der Waals surface area contributed by atoms with E-state index in [1.54, 1.807) is 24.5 Å². The maximum absolute atomic E-state index is 11.9. The molecule has 0 saturated carbocycles. The van der Waals surface area contributed by atoms with Gasteiger partial charge in [-0.05, 0) is 23.6 Å². The fourth-order valence-corrected chi connectivity index (χ4v) is 1.59. The van der Waals surface area contributed by atoms with Gasteiger partial charge in [0, 0.05) is 12.3 Å². The Balaban J connectivity index is 2.12. The molecule has 5 heteroatoms. The maximum atomic E-state index is 11.9. The number of hydrogen-bond acceptors (Lipinski definition) is 4. The molecule has 2 heterocycles. The van der Waals surface area contributed by atoms with Crippen molar-refractivity contribution in [3.63, 3.8) is 0 Å². The van der Waals surface area contributed by atoms with Gasteiger partial charge in [0.25, 0.3) is 11.9 Å². The minimum absolute atomic E-state index is 0.201. The first-order chi connectivity index (χ1) is 9.10. The highest BCUT2D eigenvalue weighted by Crippen LogP contribution is 2.19. The SMILES string of the molecule is COc1ccc(C(=O)Nc2cncc(C(C)C)c2)o1. The molecule has 0 spiro atoms. The molecule has 1 amide bonds. The van der Waals surface area contributed by atoms with E-state index in [1.165, 1.54) is 7.11 Å². The van der Waals surface area contributed by atoms with Crippen molar-refractivity contribution in [1.29, 1.82) is 0 Å². The molecule has 0 aliphatic carbocycles. The van der Waals surface area contributed by atoms with E-state index >= 15 is 0 Å². The van der Waals surface area contributed by atoms with Crippen molar-refractivity contribution in [2.24, 2.45) is 0 Å². The Morgan fingerprint density at radius 2 is 2.16 bits per heavy atom. The predicted molar refractivity (Wildman–Crippen MR) is 71.5 cm³/mol. The molecule has 5 nitrogen and oxygen atoms in total. The molecule has 19 heavy (non-hydrogen) atoms. The first-order valence-electron chi connectivity index (χ1n) is 6.00. The Morgan fingerprint density at radius 3 is 2.79 bits per heavy atom. The van der Waals surface area contributed by atoms with Crippen molar-refractivity contribution < 1.29 is 13.9 Å². The summed E-state index contributed by atoms with van der Waals surface area (Å²) in [7, 11) is 1.48. The Bertz CT molecular complexity index is 576. The quantitative estimate of drug-likeness (QED) is 0.917. The number of aromatic nitrogens is 1. The summed E-state index contributed by atoms with van der Waals surface area (Å²) < 4.78 is 10.1. The van der Waals surface area contributed by atoms with Gasteiger partial charge in [0.15, 0.2) is 5.76 Å². The van der Waals surface area contributed by atoms with Gasteiger partial charge in [0.2, 0.25) is 0 Å². The number of nitrogens with one attached hydrogen (secondary N) is 1. The first kappa shape index (κ1) is 13.1. The van der Waals surface area contributed by atoms with Crippen molar-refractivity contribution in [3.05, 3.63) is 41.9 Å². The third kappa shape index (κ3) is 3.13. The van der Waals surface area contributed by atoms with Gasteiger partial charge in [-0.2, -0.15) is 0 Å². The molecule has 0 saturated heterocycles. The number of rotatable bonds is 4. The van der Waals surface area contributed by atoms with Gasteiger partial charge in [-0.1, -0.05) is 13.8 Å². The summed E-state index contributed by atoms with van der Waals surface area (Å²) in [5.74, 6) is 0.532. The van der Waals surface area contributed by atoms with Crippen molar-refractivity contribution in [2.75, 3.05) is 12.4 Å². The molecule has 100 valence electrons. The Morgan fingerprint density at radius 1 is 1.37 bits per heavy atom. The topological polar surface area (TPSA) is 64.4 Å². The van der Waals surface area contributed by atoms with Crippen molar-refractivity contribution in [3.8, 4) is 5.95 Å². The van der Waals surface area contributed by atoms with Gasteiger partial charge in [-0.3, -0.25) is 9.78 Å².